The predicted octanol–water partition coefficient (Wildman–Crippen LogP) is 13.1. The second kappa shape index (κ2) is 19.4. The Hall–Kier alpha value is -4.17. The van der Waals surface area contributed by atoms with Gasteiger partial charge in [-0.3, -0.25) is 14.4 Å². The molecule has 2 bridgehead atoms. The first-order chi connectivity index (χ1) is 41.5. The summed E-state index contributed by atoms with van der Waals surface area (Å²) >= 11 is 0. The molecule has 16 unspecified atom stereocenters. The molecule has 8 fully saturated rings. The number of allylic oxidation sites excluding steroid dienone is 1. The number of aromatic nitrogens is 3. The minimum atomic E-state index is -1.07. The normalized spacial score (nSPS) is 42.1. The zero-order chi connectivity index (χ0) is 60.4. The first-order valence-electron chi connectivity index (χ1n) is 34.9. The van der Waals surface area contributed by atoms with Crippen LogP contribution in [0.1, 0.15) is 258 Å². The second-order valence-electron chi connectivity index (χ2n) is 33.3. The molecule has 1 aromatic carbocycles. The number of Topliss-reactive ketones (excluding diaryl/α,β-unsaturated/α-hetero) is 3. The molecule has 2 spiro atoms. The number of aliphatic hydroxyl groups is 3. The van der Waals surface area contributed by atoms with Crippen LogP contribution in [0.4, 0.5) is 0 Å². The molecule has 0 amide bonds. The quantitative estimate of drug-likeness (QED) is 0.0889. The van der Waals surface area contributed by atoms with Gasteiger partial charge in [0.25, 0.3) is 0 Å². The Bertz CT molecular complexity index is 3550. The van der Waals surface area contributed by atoms with E-state index in [1.165, 1.54) is 42.5 Å². The van der Waals surface area contributed by atoms with Crippen LogP contribution in [0, 0.1) is 50.2 Å². The smallest absolute Gasteiger partial charge is 0.160 e. The minimum Gasteiger partial charge on any atom is -0.392 e. The highest BCUT2D eigenvalue weighted by Crippen LogP contribution is 2.84. The van der Waals surface area contributed by atoms with E-state index < -0.39 is 67.7 Å². The third-order valence-electron chi connectivity index (χ3n) is 28.8. The van der Waals surface area contributed by atoms with Crippen LogP contribution in [0.2, 0.25) is 0 Å². The molecule has 9 aliphatic carbocycles. The molecule has 4 aromatic rings. The SMILES string of the molecule is CNCCC1(C)C(=O)C2c3cc[nH]c3C3CCC2(C3)C2(C)C1CCC1(C)C2C(O)C2Cn3cc(C4C(=O)CCc5c4cc(C4CCCCC4)cc5C4(O)CCOC5(CCCCC5)C4)c4[nH]cc(c43)CCC(C)(CC(O)C3OC3(C)C)C3=C2C1(C)CC3=O. The Labute approximate surface area is 515 Å². The summed E-state index contributed by atoms with van der Waals surface area (Å²) in [6.07, 6.45) is 24.9. The number of hydrogen-bond acceptors (Lipinski definition) is 9. The lowest BCUT2D eigenvalue weighted by molar-refractivity contribution is -0.267. The number of aryl methyl sites for hydroxylation is 1. The average Bonchev–Trinajstić information content (AvgIpc) is 1.64. The summed E-state index contributed by atoms with van der Waals surface area (Å²) in [6.45, 7) is 17.7. The highest BCUT2D eigenvalue weighted by atomic mass is 16.6. The Morgan fingerprint density at radius 1 is 0.839 bits per heavy atom. The minimum absolute atomic E-state index is 0.0101. The molecule has 16 rings (SSSR count). The van der Waals surface area contributed by atoms with Crippen LogP contribution in [0.3, 0.4) is 0 Å². The molecule has 12 aliphatic rings. The van der Waals surface area contributed by atoms with Crippen molar-refractivity contribution < 1.29 is 39.2 Å². The number of carbonyl (C=O) groups excluding carboxylic acids is 3. The number of carbonyl (C=O) groups is 3. The topological polar surface area (TPSA) is 182 Å². The zero-order valence-corrected chi connectivity index (χ0v) is 53.7. The lowest BCUT2D eigenvalue weighted by atomic mass is 9.28. The largest absolute Gasteiger partial charge is 0.392 e. The number of hydrogen-bond donors (Lipinski definition) is 6. The number of ether oxygens (including phenoxy) is 2. The molecular weight excluding hydrogens is 1080 g/mol. The van der Waals surface area contributed by atoms with Crippen molar-refractivity contribution in [3.63, 3.8) is 0 Å². The van der Waals surface area contributed by atoms with Gasteiger partial charge in [0.15, 0.2) is 5.78 Å². The summed E-state index contributed by atoms with van der Waals surface area (Å²) in [4.78, 5) is 55.2. The number of fused-ring (bicyclic) bond motifs is 9. The summed E-state index contributed by atoms with van der Waals surface area (Å²) < 4.78 is 15.3. The summed E-state index contributed by atoms with van der Waals surface area (Å²) in [5, 5.41) is 44.1. The first kappa shape index (κ1) is 58.0. The molecule has 6 heterocycles. The predicted molar refractivity (Wildman–Crippen MR) is 336 cm³/mol. The van der Waals surface area contributed by atoms with Gasteiger partial charge in [-0.1, -0.05) is 85.3 Å². The van der Waals surface area contributed by atoms with Crippen LogP contribution < -0.4 is 5.32 Å². The standard InChI is InChI=1S/C75H100N4O8/c1-67(2)66(87-67)54(82)36-68(3)25-19-44-38-78-61-49(56-48-33-45(42-15-11-9-12-16-42)34-51(46(48)17-18-52(56)80)75(85)29-32-86-73(41-75)23-13-10-14-24-73)39-79(62(44)61)40-50-57-59(68)53(81)37-71(57,6)70(5)26-21-55-69(4,28-31-76-8)65(84)58-47-22-30-77-60(47)43-20-27-74(58,35-43)72(55,7)64(70)63(50)83/h22,30,33-34,38-39,42-43,50,54-56,58,63-64,66,76-78,82-83,85H,9-21,23-29,31-32,35-37,40-41H2,1-8H3. The van der Waals surface area contributed by atoms with Gasteiger partial charge in [-0.25, -0.2) is 0 Å². The van der Waals surface area contributed by atoms with E-state index in [-0.39, 0.29) is 41.0 Å². The van der Waals surface area contributed by atoms with Crippen molar-refractivity contribution in [2.24, 2.45) is 50.2 Å². The Morgan fingerprint density at radius 2 is 1.61 bits per heavy atom. The van der Waals surface area contributed by atoms with E-state index in [4.69, 9.17) is 9.47 Å². The van der Waals surface area contributed by atoms with Crippen molar-refractivity contribution in [2.45, 2.75) is 268 Å². The fraction of sp³-hybridized carbons (Fsp3) is 0.720. The Kier molecular flexibility index (Phi) is 13.0. The third kappa shape index (κ3) is 7.78. The van der Waals surface area contributed by atoms with E-state index in [0.29, 0.717) is 82.1 Å². The molecule has 87 heavy (non-hydrogen) atoms. The molecule has 0 radical (unpaired) electrons. The molecular formula is C75H100N4O8. The maximum atomic E-state index is 16.1. The van der Waals surface area contributed by atoms with Gasteiger partial charge in [-0.2, -0.15) is 0 Å². The third-order valence-corrected chi connectivity index (χ3v) is 28.8. The lowest BCUT2D eigenvalue weighted by Crippen LogP contribution is -2.74. The number of epoxide rings is 1. The van der Waals surface area contributed by atoms with Crippen LogP contribution in [0.15, 0.2) is 47.9 Å². The van der Waals surface area contributed by atoms with Gasteiger partial charge in [0.05, 0.1) is 58.5 Å². The van der Waals surface area contributed by atoms with Crippen LogP contribution >= 0.6 is 0 Å². The van der Waals surface area contributed by atoms with Gasteiger partial charge >= 0.3 is 0 Å². The average molecular weight is 1190 g/mol. The van der Waals surface area contributed by atoms with Crippen LogP contribution in [-0.4, -0.2) is 96.9 Å². The summed E-state index contributed by atoms with van der Waals surface area (Å²) in [7, 11) is 2.00. The van der Waals surface area contributed by atoms with E-state index in [2.05, 4.69) is 91.3 Å². The van der Waals surface area contributed by atoms with E-state index in [1.807, 2.05) is 20.9 Å². The molecule has 468 valence electrons. The van der Waals surface area contributed by atoms with Gasteiger partial charge in [0, 0.05) is 84.4 Å². The summed E-state index contributed by atoms with van der Waals surface area (Å²) in [6, 6.07) is 7.01. The van der Waals surface area contributed by atoms with Crippen molar-refractivity contribution in [1.29, 1.82) is 0 Å². The van der Waals surface area contributed by atoms with Crippen molar-refractivity contribution in [3.8, 4) is 0 Å². The van der Waals surface area contributed by atoms with Gasteiger partial charge in [-0.15, -0.1) is 0 Å². The fourth-order valence-electron chi connectivity index (χ4n) is 24.6. The van der Waals surface area contributed by atoms with Gasteiger partial charge < -0.3 is 44.6 Å². The Balaban J connectivity index is 0.889. The highest BCUT2D eigenvalue weighted by molar-refractivity contribution is 6.02. The number of aliphatic hydroxyl groups excluding tert-OH is 2. The van der Waals surface area contributed by atoms with Crippen molar-refractivity contribution in [3.05, 3.63) is 92.6 Å². The number of nitrogens with zero attached hydrogens (tertiary/aromatic N) is 1. The van der Waals surface area contributed by atoms with E-state index in [0.717, 1.165) is 134 Å². The van der Waals surface area contributed by atoms with Crippen LogP contribution in [-0.2, 0) is 48.8 Å². The van der Waals surface area contributed by atoms with Crippen LogP contribution in [0.5, 0.6) is 0 Å². The molecule has 2 saturated heterocycles. The zero-order valence-electron chi connectivity index (χ0n) is 53.7. The second-order valence-corrected chi connectivity index (χ2v) is 33.3. The van der Waals surface area contributed by atoms with Crippen molar-refractivity contribution in [1.82, 2.24) is 19.9 Å². The van der Waals surface area contributed by atoms with Gasteiger partial charge in [0.2, 0.25) is 0 Å². The van der Waals surface area contributed by atoms with E-state index in [1.54, 1.807) is 0 Å². The summed E-state index contributed by atoms with van der Waals surface area (Å²) in [5.74, 6) is -0.206. The number of nitrogens with one attached hydrogen (secondary N) is 3. The molecule has 3 aliphatic heterocycles. The number of benzene rings is 1. The van der Waals surface area contributed by atoms with Gasteiger partial charge in [-0.05, 0) is 208 Å². The van der Waals surface area contributed by atoms with E-state index in [9.17, 15) is 15.3 Å². The van der Waals surface area contributed by atoms with E-state index >= 15 is 14.4 Å². The molecule has 16 atom stereocenters. The van der Waals surface area contributed by atoms with Crippen molar-refractivity contribution in [2.75, 3.05) is 20.2 Å². The fourth-order valence-corrected chi connectivity index (χ4v) is 24.6. The summed E-state index contributed by atoms with van der Waals surface area (Å²) in [5.41, 5.74) is 7.55. The van der Waals surface area contributed by atoms with Crippen LogP contribution in [0.25, 0.3) is 11.0 Å². The lowest BCUT2D eigenvalue weighted by Gasteiger charge is -2.76. The molecule has 6 saturated carbocycles. The first-order valence-corrected chi connectivity index (χ1v) is 34.9. The molecule has 6 N–H and O–H groups in total. The number of rotatable bonds is 9. The highest BCUT2D eigenvalue weighted by Gasteiger charge is 2.80. The maximum Gasteiger partial charge on any atom is 0.160 e. The Morgan fingerprint density at radius 3 is 2.37 bits per heavy atom. The number of aromatic amines is 2. The van der Waals surface area contributed by atoms with Gasteiger partial charge in [0.1, 0.15) is 17.7 Å². The molecule has 3 aromatic heterocycles. The monoisotopic (exact) mass is 1180 g/mol. The molecule has 12 nitrogen and oxygen atoms in total. The molecule has 12 heteroatoms. The van der Waals surface area contributed by atoms with Crippen molar-refractivity contribution >= 4 is 28.4 Å². The maximum absolute atomic E-state index is 16.1. The number of ketones is 3. The number of H-pyrrole nitrogens is 2.